The lowest BCUT2D eigenvalue weighted by atomic mass is 9.95. The van der Waals surface area contributed by atoms with Crippen molar-refractivity contribution in [1.82, 2.24) is 15.1 Å². The third kappa shape index (κ3) is 5.72. The number of carbonyl (C=O) groups is 3. The Morgan fingerprint density at radius 3 is 2.61 bits per heavy atom. The van der Waals surface area contributed by atoms with E-state index in [2.05, 4.69) is 16.3 Å². The van der Waals surface area contributed by atoms with Gasteiger partial charge in [0.25, 0.3) is 0 Å². The molecule has 1 saturated heterocycles. The van der Waals surface area contributed by atoms with Gasteiger partial charge >= 0.3 is 6.09 Å². The summed E-state index contributed by atoms with van der Waals surface area (Å²) in [5, 5.41) is 2.70. The Bertz CT molecular complexity index is 1070. The number of rotatable bonds is 6. The fourth-order valence-electron chi connectivity index (χ4n) is 5.55. The van der Waals surface area contributed by atoms with Crippen LogP contribution < -0.4 is 11.1 Å². The summed E-state index contributed by atoms with van der Waals surface area (Å²) in [5.74, 6) is -1.65. The molecule has 2 fully saturated rings. The molecule has 0 radical (unpaired) electrons. The van der Waals surface area contributed by atoms with Gasteiger partial charge in [-0.25, -0.2) is 9.18 Å². The number of hydrogen-bond donors (Lipinski definition) is 2. The summed E-state index contributed by atoms with van der Waals surface area (Å²) < 4.78 is 20.6. The first kappa shape index (κ1) is 26.1. The maximum Gasteiger partial charge on any atom is 0.411 e. The predicted octanol–water partition coefficient (Wildman–Crippen LogP) is 2.85. The number of carbonyl (C=O) groups excluding carboxylic acids is 3. The van der Waals surface area contributed by atoms with Crippen molar-refractivity contribution in [3.05, 3.63) is 41.2 Å². The zero-order valence-corrected chi connectivity index (χ0v) is 21.6. The van der Waals surface area contributed by atoms with Gasteiger partial charge in [-0.3, -0.25) is 14.5 Å². The van der Waals surface area contributed by atoms with Crippen molar-refractivity contribution < 1.29 is 23.5 Å². The van der Waals surface area contributed by atoms with Crippen molar-refractivity contribution in [2.24, 2.45) is 11.7 Å². The molecule has 3 amide bonds. The van der Waals surface area contributed by atoms with Crippen LogP contribution in [0.15, 0.2) is 24.3 Å². The molecule has 2 bridgehead atoms. The Labute approximate surface area is 212 Å². The molecule has 2 aliphatic heterocycles. The number of hydrogen-bond acceptors (Lipinski definition) is 5. The number of benzene rings is 1. The van der Waals surface area contributed by atoms with Gasteiger partial charge in [-0.05, 0) is 82.2 Å². The molecule has 9 heteroatoms. The monoisotopic (exact) mass is 500 g/mol. The quantitative estimate of drug-likeness (QED) is 0.625. The molecular weight excluding hydrogens is 463 g/mol. The molecule has 4 atom stereocenters. The van der Waals surface area contributed by atoms with E-state index in [1.807, 2.05) is 13.1 Å². The Hall–Kier alpha value is -2.94. The highest BCUT2D eigenvalue weighted by Gasteiger charge is 2.52. The highest BCUT2D eigenvalue weighted by molar-refractivity contribution is 5.91. The maximum atomic E-state index is 15.0. The van der Waals surface area contributed by atoms with E-state index in [0.717, 1.165) is 49.9 Å². The van der Waals surface area contributed by atoms with Crippen LogP contribution in [0.25, 0.3) is 5.57 Å². The minimum Gasteiger partial charge on any atom is -0.444 e. The Morgan fingerprint density at radius 2 is 2.00 bits per heavy atom. The van der Waals surface area contributed by atoms with E-state index < -0.39 is 41.4 Å². The van der Waals surface area contributed by atoms with Crippen LogP contribution in [0.4, 0.5) is 9.18 Å². The molecule has 1 aromatic rings. The Balaban J connectivity index is 1.46. The third-order valence-corrected chi connectivity index (χ3v) is 7.38. The van der Waals surface area contributed by atoms with E-state index in [4.69, 9.17) is 10.5 Å². The number of halogens is 1. The van der Waals surface area contributed by atoms with Gasteiger partial charge in [-0.2, -0.15) is 0 Å². The second-order valence-electron chi connectivity index (χ2n) is 11.3. The topological polar surface area (TPSA) is 105 Å². The van der Waals surface area contributed by atoms with Crippen molar-refractivity contribution >= 4 is 23.5 Å². The smallest absolute Gasteiger partial charge is 0.411 e. The third-order valence-electron chi connectivity index (χ3n) is 7.38. The average Bonchev–Trinajstić information content (AvgIpc) is 3.41. The number of primary amides is 1. The van der Waals surface area contributed by atoms with Crippen molar-refractivity contribution in [1.29, 1.82) is 0 Å². The molecule has 4 rings (SSSR count). The van der Waals surface area contributed by atoms with Crippen molar-refractivity contribution in [3.8, 4) is 0 Å². The fraction of sp³-hybridized carbons (Fsp3) is 0.593. The molecule has 8 nitrogen and oxygen atoms in total. The maximum absolute atomic E-state index is 15.0. The summed E-state index contributed by atoms with van der Waals surface area (Å²) in [4.78, 5) is 42.1. The highest BCUT2D eigenvalue weighted by atomic mass is 19.1. The summed E-state index contributed by atoms with van der Waals surface area (Å²) in [6.07, 6.45) is 4.70. The minimum atomic E-state index is -1.10. The van der Waals surface area contributed by atoms with E-state index in [-0.39, 0.29) is 18.4 Å². The van der Waals surface area contributed by atoms with E-state index >= 15 is 4.39 Å². The summed E-state index contributed by atoms with van der Waals surface area (Å²) >= 11 is 0. The number of nitrogens with zero attached hydrogens (tertiary/aromatic N) is 2. The fourth-order valence-corrected chi connectivity index (χ4v) is 5.55. The largest absolute Gasteiger partial charge is 0.444 e. The van der Waals surface area contributed by atoms with E-state index in [1.54, 1.807) is 26.8 Å². The zero-order valence-electron chi connectivity index (χ0n) is 21.6. The molecule has 2 heterocycles. The van der Waals surface area contributed by atoms with Gasteiger partial charge in [0.2, 0.25) is 11.8 Å². The van der Waals surface area contributed by atoms with Gasteiger partial charge in [0.1, 0.15) is 23.5 Å². The van der Waals surface area contributed by atoms with Gasteiger partial charge in [0, 0.05) is 25.6 Å². The lowest BCUT2D eigenvalue weighted by molar-refractivity contribution is -0.132. The first-order valence-corrected chi connectivity index (χ1v) is 12.7. The minimum absolute atomic E-state index is 0.00474. The molecular formula is C27H37FN4O4. The number of likely N-dealkylation sites (tertiary alicyclic amines) is 1. The zero-order chi connectivity index (χ0) is 26.2. The van der Waals surface area contributed by atoms with Crippen LogP contribution in [0.3, 0.4) is 0 Å². The highest BCUT2D eigenvalue weighted by Crippen LogP contribution is 2.43. The first-order valence-electron chi connectivity index (χ1n) is 12.7. The van der Waals surface area contributed by atoms with Gasteiger partial charge in [0.15, 0.2) is 0 Å². The van der Waals surface area contributed by atoms with Gasteiger partial charge < -0.3 is 20.7 Å². The van der Waals surface area contributed by atoms with E-state index in [9.17, 15) is 14.4 Å². The lowest BCUT2D eigenvalue weighted by Crippen LogP contribution is -2.57. The average molecular weight is 501 g/mol. The van der Waals surface area contributed by atoms with Crippen molar-refractivity contribution in [2.75, 3.05) is 20.1 Å². The molecule has 1 aliphatic carbocycles. The summed E-state index contributed by atoms with van der Waals surface area (Å²) in [6.45, 7) is 7.06. The number of nitrogens with one attached hydrogen (secondary N) is 1. The van der Waals surface area contributed by atoms with Gasteiger partial charge in [-0.15, -0.1) is 0 Å². The summed E-state index contributed by atoms with van der Waals surface area (Å²) in [5.41, 5.74) is 7.12. The van der Waals surface area contributed by atoms with Gasteiger partial charge in [-0.1, -0.05) is 18.2 Å². The number of piperidine rings is 1. The molecule has 3 N–H and O–H groups in total. The molecule has 0 aromatic heterocycles. The van der Waals surface area contributed by atoms with Crippen molar-refractivity contribution in [2.45, 2.75) is 76.6 Å². The Kier molecular flexibility index (Phi) is 7.41. The normalized spacial score (nSPS) is 24.9. The second-order valence-corrected chi connectivity index (χ2v) is 11.3. The molecule has 1 saturated carbocycles. The van der Waals surface area contributed by atoms with Crippen LogP contribution in [0.2, 0.25) is 0 Å². The lowest BCUT2D eigenvalue weighted by Gasteiger charge is -2.36. The van der Waals surface area contributed by atoms with Gasteiger partial charge in [0.05, 0.1) is 0 Å². The van der Waals surface area contributed by atoms with Crippen LogP contribution in [-0.4, -0.2) is 71.6 Å². The van der Waals surface area contributed by atoms with Crippen LogP contribution in [0, 0.1) is 11.7 Å². The number of ether oxygens (including phenoxy) is 1. The second kappa shape index (κ2) is 10.2. The van der Waals surface area contributed by atoms with Crippen molar-refractivity contribution in [3.63, 3.8) is 0 Å². The molecule has 196 valence electrons. The molecule has 0 unspecified atom stereocenters. The number of nitrogens with two attached hydrogens (primary N) is 1. The van der Waals surface area contributed by atoms with E-state index in [1.165, 1.54) is 11.0 Å². The number of likely N-dealkylation sites (N-methyl/N-ethyl adjacent to an activating group) is 1. The molecule has 0 spiro atoms. The molecule has 1 aromatic carbocycles. The number of amides is 3. The van der Waals surface area contributed by atoms with Crippen LogP contribution in [0.5, 0.6) is 0 Å². The first-order chi connectivity index (χ1) is 16.9. The van der Waals surface area contributed by atoms with Crippen LogP contribution >= 0.6 is 0 Å². The predicted molar refractivity (Wildman–Crippen MR) is 134 cm³/mol. The Morgan fingerprint density at radius 1 is 1.25 bits per heavy atom. The summed E-state index contributed by atoms with van der Waals surface area (Å²) in [7, 11) is 2.04. The standard InChI is InChI=1S/C27H37FN4O4/c1-27(2,3)36-26(35)32-20-8-7-19(13-20)23(32)25(34)30-22(24(29)33)15-18-6-5-17(14-21(18)28)16-9-11-31(4)12-10-16/h5-6,9,14,19-20,22-23H,7-8,10-13,15H2,1-4H3,(H2,29,33)(H,30,34)/t19-,20+,22-,23-/m0/s1. The number of fused-ring (bicyclic) bond motifs is 2. The molecule has 3 aliphatic rings. The van der Waals surface area contributed by atoms with Crippen LogP contribution in [0.1, 0.15) is 57.6 Å². The molecule has 36 heavy (non-hydrogen) atoms. The van der Waals surface area contributed by atoms with Crippen LogP contribution in [-0.2, 0) is 20.7 Å². The van der Waals surface area contributed by atoms with E-state index in [0.29, 0.717) is 5.56 Å². The SMILES string of the molecule is CN1CC=C(c2ccc(C[C@H](NC(=O)[C@@H]3[C@H]4CC[C@H](C4)N3C(=O)OC(C)(C)C)C(N)=O)c(F)c2)CC1. The summed E-state index contributed by atoms with van der Waals surface area (Å²) in [6, 6.07) is 3.08.